The van der Waals surface area contributed by atoms with Crippen LogP contribution in [-0.2, 0) is 4.74 Å². The maximum atomic E-state index is 5.65. The molecule has 0 saturated heterocycles. The normalized spacial score (nSPS) is 19.1. The van der Waals surface area contributed by atoms with Crippen LogP contribution in [0.25, 0.3) is 0 Å². The minimum Gasteiger partial charge on any atom is -0.492 e. The van der Waals surface area contributed by atoms with Crippen molar-refractivity contribution in [3.63, 3.8) is 0 Å². The predicted octanol–water partition coefficient (Wildman–Crippen LogP) is 1.22. The van der Waals surface area contributed by atoms with E-state index in [1.807, 2.05) is 0 Å². The average Bonchev–Trinajstić information content (AvgIpc) is 2.67. The SMILES string of the molecule is NC1=NC(CCOc2ccc(Cl)nc2)CO1. The molecule has 1 atom stereocenters. The highest BCUT2D eigenvalue weighted by Gasteiger charge is 2.16. The van der Waals surface area contributed by atoms with Gasteiger partial charge < -0.3 is 15.2 Å². The van der Waals surface area contributed by atoms with Crippen molar-refractivity contribution < 1.29 is 9.47 Å². The first kappa shape index (κ1) is 11.0. The van der Waals surface area contributed by atoms with Gasteiger partial charge in [0.2, 0.25) is 0 Å². The topological polar surface area (TPSA) is 69.7 Å². The molecule has 1 unspecified atom stereocenters. The molecule has 0 spiro atoms. The van der Waals surface area contributed by atoms with Crippen LogP contribution in [0.4, 0.5) is 0 Å². The van der Waals surface area contributed by atoms with E-state index in [-0.39, 0.29) is 12.1 Å². The summed E-state index contributed by atoms with van der Waals surface area (Å²) in [6, 6.07) is 3.82. The van der Waals surface area contributed by atoms with Crippen LogP contribution in [0.15, 0.2) is 23.3 Å². The maximum Gasteiger partial charge on any atom is 0.282 e. The zero-order valence-electron chi connectivity index (χ0n) is 8.60. The second-order valence-corrected chi connectivity index (χ2v) is 3.77. The molecule has 2 N–H and O–H groups in total. The fourth-order valence-electron chi connectivity index (χ4n) is 1.34. The number of amidine groups is 1. The average molecular weight is 242 g/mol. The lowest BCUT2D eigenvalue weighted by Crippen LogP contribution is -2.12. The van der Waals surface area contributed by atoms with Crippen LogP contribution in [0, 0.1) is 0 Å². The molecule has 0 aromatic carbocycles. The third-order valence-corrected chi connectivity index (χ3v) is 2.38. The molecule has 0 aliphatic carbocycles. The lowest BCUT2D eigenvalue weighted by Gasteiger charge is -2.07. The molecule has 1 aliphatic rings. The van der Waals surface area contributed by atoms with Gasteiger partial charge in [0.1, 0.15) is 17.5 Å². The van der Waals surface area contributed by atoms with Crippen LogP contribution in [-0.4, -0.2) is 30.3 Å². The van der Waals surface area contributed by atoms with E-state index in [1.54, 1.807) is 18.3 Å². The highest BCUT2D eigenvalue weighted by molar-refractivity contribution is 6.29. The summed E-state index contributed by atoms with van der Waals surface area (Å²) in [5.41, 5.74) is 5.39. The van der Waals surface area contributed by atoms with E-state index in [4.69, 9.17) is 26.8 Å². The number of pyridine rings is 1. The molecule has 2 heterocycles. The Morgan fingerprint density at radius 1 is 1.56 bits per heavy atom. The van der Waals surface area contributed by atoms with E-state index in [1.165, 1.54) is 0 Å². The van der Waals surface area contributed by atoms with Crippen LogP contribution in [0.3, 0.4) is 0 Å². The zero-order valence-corrected chi connectivity index (χ0v) is 9.35. The molecule has 0 bridgehead atoms. The number of hydrogen-bond donors (Lipinski definition) is 1. The Bertz CT molecular complexity index is 380. The highest BCUT2D eigenvalue weighted by atomic mass is 35.5. The maximum absolute atomic E-state index is 5.65. The molecule has 0 amide bonds. The minimum absolute atomic E-state index is 0.0975. The summed E-state index contributed by atoms with van der Waals surface area (Å²) in [6.45, 7) is 1.09. The van der Waals surface area contributed by atoms with Gasteiger partial charge in [-0.1, -0.05) is 11.6 Å². The van der Waals surface area contributed by atoms with Crippen molar-refractivity contribution in [2.75, 3.05) is 13.2 Å². The molecule has 0 saturated carbocycles. The smallest absolute Gasteiger partial charge is 0.282 e. The molecular formula is C10H12ClN3O2. The molecule has 16 heavy (non-hydrogen) atoms. The van der Waals surface area contributed by atoms with Gasteiger partial charge in [0.15, 0.2) is 0 Å². The fourth-order valence-corrected chi connectivity index (χ4v) is 1.46. The van der Waals surface area contributed by atoms with Gasteiger partial charge in [0.05, 0.1) is 18.8 Å². The summed E-state index contributed by atoms with van der Waals surface area (Å²) in [7, 11) is 0. The van der Waals surface area contributed by atoms with Crippen molar-refractivity contribution in [2.24, 2.45) is 10.7 Å². The van der Waals surface area contributed by atoms with E-state index in [0.717, 1.165) is 6.42 Å². The van der Waals surface area contributed by atoms with Gasteiger partial charge in [0, 0.05) is 6.42 Å². The first-order valence-electron chi connectivity index (χ1n) is 4.94. The number of rotatable bonds is 4. The van der Waals surface area contributed by atoms with Crippen LogP contribution >= 0.6 is 11.6 Å². The van der Waals surface area contributed by atoms with E-state index in [2.05, 4.69) is 9.98 Å². The summed E-state index contributed by atoms with van der Waals surface area (Å²) in [4.78, 5) is 8.00. The number of aromatic nitrogens is 1. The molecule has 5 nitrogen and oxygen atoms in total. The lowest BCUT2D eigenvalue weighted by molar-refractivity contribution is 0.263. The summed E-state index contributed by atoms with van der Waals surface area (Å²) >= 11 is 5.65. The van der Waals surface area contributed by atoms with Gasteiger partial charge in [-0.25, -0.2) is 9.98 Å². The third kappa shape index (κ3) is 3.00. The van der Waals surface area contributed by atoms with Crippen molar-refractivity contribution in [1.82, 2.24) is 4.98 Å². The van der Waals surface area contributed by atoms with Gasteiger partial charge in [-0.05, 0) is 12.1 Å². The standard InChI is InChI=1S/C10H12ClN3O2/c11-9-2-1-8(5-13-9)15-4-3-7-6-16-10(12)14-7/h1-2,5,7H,3-4,6H2,(H2,12,14). The summed E-state index contributed by atoms with van der Waals surface area (Å²) < 4.78 is 10.5. The Balaban J connectivity index is 1.74. The molecule has 1 aromatic heterocycles. The van der Waals surface area contributed by atoms with Crippen LogP contribution in [0.1, 0.15) is 6.42 Å². The second kappa shape index (κ2) is 5.03. The lowest BCUT2D eigenvalue weighted by atomic mass is 10.2. The van der Waals surface area contributed by atoms with Crippen LogP contribution in [0.2, 0.25) is 5.15 Å². The van der Waals surface area contributed by atoms with Crippen LogP contribution in [0.5, 0.6) is 5.75 Å². The van der Waals surface area contributed by atoms with Crippen molar-refractivity contribution in [2.45, 2.75) is 12.5 Å². The molecular weight excluding hydrogens is 230 g/mol. The monoisotopic (exact) mass is 241 g/mol. The number of nitrogens with zero attached hydrogens (tertiary/aromatic N) is 2. The van der Waals surface area contributed by atoms with Crippen molar-refractivity contribution in [1.29, 1.82) is 0 Å². The second-order valence-electron chi connectivity index (χ2n) is 3.39. The predicted molar refractivity (Wildman–Crippen MR) is 60.7 cm³/mol. The van der Waals surface area contributed by atoms with Gasteiger partial charge in [-0.15, -0.1) is 0 Å². The first-order chi connectivity index (χ1) is 7.74. The van der Waals surface area contributed by atoms with E-state index in [0.29, 0.717) is 24.1 Å². The zero-order chi connectivity index (χ0) is 11.4. The molecule has 1 aromatic rings. The Morgan fingerprint density at radius 2 is 2.44 bits per heavy atom. The van der Waals surface area contributed by atoms with E-state index in [9.17, 15) is 0 Å². The number of halogens is 1. The number of nitrogens with two attached hydrogens (primary N) is 1. The van der Waals surface area contributed by atoms with Gasteiger partial charge in [-0.3, -0.25) is 0 Å². The first-order valence-corrected chi connectivity index (χ1v) is 5.32. The van der Waals surface area contributed by atoms with Gasteiger partial charge >= 0.3 is 0 Å². The molecule has 0 fully saturated rings. The largest absolute Gasteiger partial charge is 0.492 e. The van der Waals surface area contributed by atoms with Gasteiger partial charge in [0.25, 0.3) is 6.02 Å². The molecule has 2 rings (SSSR count). The van der Waals surface area contributed by atoms with Crippen molar-refractivity contribution in [3.05, 3.63) is 23.5 Å². The van der Waals surface area contributed by atoms with E-state index >= 15 is 0 Å². The Labute approximate surface area is 98.2 Å². The summed E-state index contributed by atoms with van der Waals surface area (Å²) in [5, 5.41) is 0.453. The third-order valence-electron chi connectivity index (χ3n) is 2.15. The number of ether oxygens (including phenoxy) is 2. The molecule has 6 heteroatoms. The highest BCUT2D eigenvalue weighted by Crippen LogP contribution is 2.13. The fraction of sp³-hybridized carbons (Fsp3) is 0.400. The Morgan fingerprint density at radius 3 is 3.06 bits per heavy atom. The molecule has 1 aliphatic heterocycles. The van der Waals surface area contributed by atoms with Crippen LogP contribution < -0.4 is 10.5 Å². The Hall–Kier alpha value is -1.49. The quantitative estimate of drug-likeness (QED) is 0.805. The van der Waals surface area contributed by atoms with E-state index < -0.39 is 0 Å². The molecule has 0 radical (unpaired) electrons. The minimum atomic E-state index is 0.0975. The Kier molecular flexibility index (Phi) is 3.46. The molecule has 86 valence electrons. The summed E-state index contributed by atoms with van der Waals surface area (Å²) in [5.74, 6) is 0.695. The van der Waals surface area contributed by atoms with Gasteiger partial charge in [-0.2, -0.15) is 0 Å². The van der Waals surface area contributed by atoms with Crippen molar-refractivity contribution >= 4 is 17.6 Å². The van der Waals surface area contributed by atoms with Crippen molar-refractivity contribution in [3.8, 4) is 5.75 Å². The number of aliphatic imine (C=N–C) groups is 1. The number of hydrogen-bond acceptors (Lipinski definition) is 5. The summed E-state index contributed by atoms with van der Waals surface area (Å²) in [6.07, 6.45) is 2.36.